The van der Waals surface area contributed by atoms with Gasteiger partial charge in [0.15, 0.2) is 0 Å². The predicted octanol–water partition coefficient (Wildman–Crippen LogP) is 2.98. The van der Waals surface area contributed by atoms with E-state index in [2.05, 4.69) is 34.5 Å². The highest BCUT2D eigenvalue weighted by atomic mass is 32.1. The van der Waals surface area contributed by atoms with Gasteiger partial charge in [0, 0.05) is 25.0 Å². The fourth-order valence-corrected chi connectivity index (χ4v) is 3.23. The first-order valence-corrected chi connectivity index (χ1v) is 8.44. The molecule has 1 aliphatic heterocycles. The smallest absolute Gasteiger partial charge is 0.227 e. The van der Waals surface area contributed by atoms with E-state index in [0.717, 1.165) is 25.3 Å². The van der Waals surface area contributed by atoms with Crippen LogP contribution >= 0.6 is 11.3 Å². The van der Waals surface area contributed by atoms with Crippen LogP contribution < -0.4 is 5.32 Å². The van der Waals surface area contributed by atoms with E-state index in [0.29, 0.717) is 13.0 Å². The van der Waals surface area contributed by atoms with E-state index in [9.17, 15) is 4.79 Å². The Hall–Kier alpha value is -1.69. The number of anilines is 1. The number of morpholine rings is 1. The summed E-state index contributed by atoms with van der Waals surface area (Å²) >= 11 is 1.58. The van der Waals surface area contributed by atoms with Gasteiger partial charge >= 0.3 is 0 Å². The molecule has 22 heavy (non-hydrogen) atoms. The molecule has 0 aliphatic carbocycles. The first kappa shape index (κ1) is 15.2. The second-order valence-electron chi connectivity index (χ2n) is 5.48. The summed E-state index contributed by atoms with van der Waals surface area (Å²) < 4.78 is 5.74. The number of ether oxygens (including phenoxy) is 1. The van der Waals surface area contributed by atoms with Crippen molar-refractivity contribution in [2.75, 3.05) is 25.0 Å². The van der Waals surface area contributed by atoms with Crippen LogP contribution in [0.3, 0.4) is 0 Å². The average molecular weight is 316 g/mol. The summed E-state index contributed by atoms with van der Waals surface area (Å²) in [5.41, 5.74) is 2.16. The van der Waals surface area contributed by atoms with Crippen LogP contribution in [0.5, 0.6) is 0 Å². The maximum absolute atomic E-state index is 12.0. The van der Waals surface area contributed by atoms with Crippen molar-refractivity contribution in [2.45, 2.75) is 19.1 Å². The maximum atomic E-state index is 12.0. The van der Waals surface area contributed by atoms with Crippen molar-refractivity contribution in [1.29, 1.82) is 0 Å². The fourth-order valence-electron chi connectivity index (χ4n) is 2.64. The van der Waals surface area contributed by atoms with Gasteiger partial charge < -0.3 is 10.1 Å². The number of carbonyl (C=O) groups excluding carboxylic acids is 1. The van der Waals surface area contributed by atoms with Crippen LogP contribution in [0.2, 0.25) is 0 Å². The molecule has 0 radical (unpaired) electrons. The van der Waals surface area contributed by atoms with Crippen molar-refractivity contribution in [3.8, 4) is 0 Å². The molecule has 116 valence electrons. The quantitative estimate of drug-likeness (QED) is 0.922. The Balaban J connectivity index is 1.49. The largest absolute Gasteiger partial charge is 0.375 e. The van der Waals surface area contributed by atoms with E-state index in [1.54, 1.807) is 11.3 Å². The molecule has 1 saturated heterocycles. The molecule has 2 aromatic rings. The number of nitrogens with zero attached hydrogens (tertiary/aromatic N) is 1. The van der Waals surface area contributed by atoms with E-state index < -0.39 is 0 Å². The van der Waals surface area contributed by atoms with Gasteiger partial charge in [-0.1, -0.05) is 30.3 Å². The molecular weight excluding hydrogens is 296 g/mol. The van der Waals surface area contributed by atoms with Crippen LogP contribution in [0, 0.1) is 0 Å². The molecule has 1 aliphatic rings. The van der Waals surface area contributed by atoms with E-state index in [1.165, 1.54) is 5.56 Å². The second kappa shape index (κ2) is 7.54. The Kier molecular flexibility index (Phi) is 5.21. The van der Waals surface area contributed by atoms with Gasteiger partial charge in [-0.05, 0) is 17.0 Å². The Morgan fingerprint density at radius 2 is 2.18 bits per heavy atom. The van der Waals surface area contributed by atoms with E-state index in [1.807, 2.05) is 22.9 Å². The first-order valence-electron chi connectivity index (χ1n) is 7.49. The predicted molar refractivity (Wildman–Crippen MR) is 89.0 cm³/mol. The van der Waals surface area contributed by atoms with E-state index in [-0.39, 0.29) is 12.0 Å². The normalized spacial score (nSPS) is 19.0. The van der Waals surface area contributed by atoms with Gasteiger partial charge in [0.05, 0.1) is 24.8 Å². The molecule has 0 spiro atoms. The summed E-state index contributed by atoms with van der Waals surface area (Å²) in [7, 11) is 0. The van der Waals surface area contributed by atoms with Crippen LogP contribution in [-0.2, 0) is 16.1 Å². The zero-order chi connectivity index (χ0) is 15.2. The third-order valence-corrected chi connectivity index (χ3v) is 4.37. The number of nitrogens with one attached hydrogen (secondary N) is 1. The van der Waals surface area contributed by atoms with Crippen LogP contribution in [0.4, 0.5) is 5.69 Å². The zero-order valence-corrected chi connectivity index (χ0v) is 13.2. The maximum Gasteiger partial charge on any atom is 0.227 e. The van der Waals surface area contributed by atoms with Gasteiger partial charge in [-0.15, -0.1) is 0 Å². The lowest BCUT2D eigenvalue weighted by molar-refractivity contribution is -0.121. The molecule has 1 aromatic carbocycles. The molecule has 3 rings (SSSR count). The summed E-state index contributed by atoms with van der Waals surface area (Å²) in [6, 6.07) is 12.3. The lowest BCUT2D eigenvalue weighted by atomic mass is 10.1. The third-order valence-electron chi connectivity index (χ3n) is 3.69. The highest BCUT2D eigenvalue weighted by Crippen LogP contribution is 2.15. The molecule has 0 unspecified atom stereocenters. The lowest BCUT2D eigenvalue weighted by Gasteiger charge is -2.32. The van der Waals surface area contributed by atoms with Crippen LogP contribution in [0.1, 0.15) is 12.0 Å². The van der Waals surface area contributed by atoms with Crippen molar-refractivity contribution in [1.82, 2.24) is 4.90 Å². The molecule has 4 nitrogen and oxygen atoms in total. The Labute approximate surface area is 134 Å². The molecule has 5 heteroatoms. The molecular formula is C17H20N2O2S. The standard InChI is InChI=1S/C17H20N2O2S/c20-17(18-15-6-9-22-13-15)10-16-12-19(7-8-21-16)11-14-4-2-1-3-5-14/h1-6,9,13,16H,7-8,10-12H2,(H,18,20)/t16-/m0/s1. The summed E-state index contributed by atoms with van der Waals surface area (Å²) in [5.74, 6) is 0.0185. The van der Waals surface area contributed by atoms with Crippen molar-refractivity contribution in [3.63, 3.8) is 0 Å². The van der Waals surface area contributed by atoms with Crippen molar-refractivity contribution < 1.29 is 9.53 Å². The minimum Gasteiger partial charge on any atom is -0.375 e. The Morgan fingerprint density at radius 3 is 2.95 bits per heavy atom. The number of thiophene rings is 1. The third kappa shape index (κ3) is 4.40. The van der Waals surface area contributed by atoms with Gasteiger partial charge in [-0.25, -0.2) is 0 Å². The van der Waals surface area contributed by atoms with Gasteiger partial charge in [0.2, 0.25) is 5.91 Å². The van der Waals surface area contributed by atoms with Crippen molar-refractivity contribution in [3.05, 3.63) is 52.7 Å². The number of amides is 1. The topological polar surface area (TPSA) is 41.6 Å². The number of hydrogen-bond donors (Lipinski definition) is 1. The van der Waals surface area contributed by atoms with Crippen LogP contribution in [0.25, 0.3) is 0 Å². The first-order chi connectivity index (χ1) is 10.8. The molecule has 0 saturated carbocycles. The second-order valence-corrected chi connectivity index (χ2v) is 6.26. The number of carbonyl (C=O) groups is 1. The molecule has 1 N–H and O–H groups in total. The van der Waals surface area contributed by atoms with E-state index in [4.69, 9.17) is 4.74 Å². The number of benzene rings is 1. The molecule has 0 bridgehead atoms. The van der Waals surface area contributed by atoms with Gasteiger partial charge in [-0.3, -0.25) is 9.69 Å². The molecule has 1 atom stereocenters. The highest BCUT2D eigenvalue weighted by Gasteiger charge is 2.23. The zero-order valence-electron chi connectivity index (χ0n) is 12.4. The van der Waals surface area contributed by atoms with Gasteiger partial charge in [0.1, 0.15) is 0 Å². The molecule has 1 amide bonds. The van der Waals surface area contributed by atoms with Crippen LogP contribution in [0.15, 0.2) is 47.2 Å². The number of rotatable bonds is 5. The number of hydrogen-bond acceptors (Lipinski definition) is 4. The van der Waals surface area contributed by atoms with Crippen molar-refractivity contribution >= 4 is 22.9 Å². The summed E-state index contributed by atoms with van der Waals surface area (Å²) in [6.45, 7) is 3.31. The van der Waals surface area contributed by atoms with Gasteiger partial charge in [-0.2, -0.15) is 11.3 Å². The monoisotopic (exact) mass is 316 g/mol. The minimum atomic E-state index is -0.0314. The minimum absolute atomic E-state index is 0.0185. The fraction of sp³-hybridized carbons (Fsp3) is 0.353. The average Bonchev–Trinajstić information content (AvgIpc) is 3.01. The van der Waals surface area contributed by atoms with Crippen LogP contribution in [-0.4, -0.2) is 36.6 Å². The van der Waals surface area contributed by atoms with Gasteiger partial charge in [0.25, 0.3) is 0 Å². The Morgan fingerprint density at radius 1 is 1.32 bits per heavy atom. The highest BCUT2D eigenvalue weighted by molar-refractivity contribution is 7.08. The van der Waals surface area contributed by atoms with Crippen molar-refractivity contribution in [2.24, 2.45) is 0 Å². The summed E-state index contributed by atoms with van der Waals surface area (Å²) in [5, 5.41) is 6.79. The molecule has 1 fully saturated rings. The molecule has 1 aromatic heterocycles. The van der Waals surface area contributed by atoms with E-state index >= 15 is 0 Å². The SMILES string of the molecule is O=C(C[C@H]1CN(Cc2ccccc2)CCO1)Nc1ccsc1. The lowest BCUT2D eigenvalue weighted by Crippen LogP contribution is -2.43. The molecule has 2 heterocycles. The Bertz CT molecular complexity index is 586. The summed E-state index contributed by atoms with van der Waals surface area (Å²) in [6.07, 6.45) is 0.373. The summed E-state index contributed by atoms with van der Waals surface area (Å²) in [4.78, 5) is 14.4.